The standard InChI is InChI=1S/C31H30F2N10/c1-17-25-21(6-5-7-23(25)40-39-17)28(24-15-43(42-41-24)31(8-9-31)29(32)33)38-20-10-18(12-34)26-22(11-20)27(19(13-35)14-36-26)37-16-30(2,3)4/h5-7,10-11,14-15,28-29,38H,8-9,16H2,1-4H3,(H,36,37)(H,39,40). The number of alkyl halides is 2. The predicted molar refractivity (Wildman–Crippen MR) is 159 cm³/mol. The van der Waals surface area contributed by atoms with Gasteiger partial charge in [0.1, 0.15) is 23.4 Å². The lowest BCUT2D eigenvalue weighted by molar-refractivity contribution is 0.0593. The second kappa shape index (κ2) is 10.3. The third kappa shape index (κ3) is 4.99. The molecule has 0 amide bonds. The smallest absolute Gasteiger partial charge is 0.263 e. The van der Waals surface area contributed by atoms with Crippen molar-refractivity contribution in [2.75, 3.05) is 17.2 Å². The second-order valence-corrected chi connectivity index (χ2v) is 12.3. The number of fused-ring (bicyclic) bond motifs is 2. The van der Waals surface area contributed by atoms with Crippen LogP contribution < -0.4 is 10.6 Å². The van der Waals surface area contributed by atoms with Crippen LogP contribution in [0.2, 0.25) is 0 Å². The molecule has 0 spiro atoms. The molecule has 1 unspecified atom stereocenters. The molecule has 10 nitrogen and oxygen atoms in total. The minimum Gasteiger partial charge on any atom is -0.383 e. The number of aryl methyl sites for hydroxylation is 1. The van der Waals surface area contributed by atoms with E-state index in [1.807, 2.05) is 31.2 Å². The van der Waals surface area contributed by atoms with Crippen LogP contribution >= 0.6 is 0 Å². The van der Waals surface area contributed by atoms with Crippen molar-refractivity contribution in [2.24, 2.45) is 5.41 Å². The number of halogens is 2. The van der Waals surface area contributed by atoms with Gasteiger partial charge in [0.2, 0.25) is 0 Å². The predicted octanol–water partition coefficient (Wildman–Crippen LogP) is 6.17. The van der Waals surface area contributed by atoms with Gasteiger partial charge in [-0.05, 0) is 48.9 Å². The summed E-state index contributed by atoms with van der Waals surface area (Å²) in [5, 5.41) is 44.2. The summed E-state index contributed by atoms with van der Waals surface area (Å²) in [6.45, 7) is 8.72. The molecule has 0 aliphatic heterocycles. The molecule has 6 rings (SSSR count). The van der Waals surface area contributed by atoms with Crippen molar-refractivity contribution >= 4 is 33.2 Å². The van der Waals surface area contributed by atoms with E-state index < -0.39 is 18.0 Å². The average Bonchev–Trinajstić information content (AvgIpc) is 3.50. The molecule has 1 aliphatic carbocycles. The van der Waals surface area contributed by atoms with Crippen LogP contribution in [0.25, 0.3) is 21.8 Å². The summed E-state index contributed by atoms with van der Waals surface area (Å²) in [6, 6.07) is 13.1. The molecular formula is C31H30F2N10. The zero-order valence-corrected chi connectivity index (χ0v) is 24.2. The van der Waals surface area contributed by atoms with Gasteiger partial charge in [0.15, 0.2) is 0 Å². The highest BCUT2D eigenvalue weighted by Crippen LogP contribution is 2.48. The van der Waals surface area contributed by atoms with Crippen LogP contribution in [-0.2, 0) is 5.54 Å². The molecule has 2 aromatic carbocycles. The van der Waals surface area contributed by atoms with Crippen molar-refractivity contribution in [2.45, 2.75) is 58.5 Å². The van der Waals surface area contributed by atoms with Gasteiger partial charge in [-0.2, -0.15) is 15.6 Å². The molecule has 0 bridgehead atoms. The van der Waals surface area contributed by atoms with Crippen molar-refractivity contribution < 1.29 is 8.78 Å². The van der Waals surface area contributed by atoms with Crippen molar-refractivity contribution in [3.05, 3.63) is 70.8 Å². The summed E-state index contributed by atoms with van der Waals surface area (Å²) >= 11 is 0. The van der Waals surface area contributed by atoms with Crippen LogP contribution in [0.3, 0.4) is 0 Å². The Labute approximate surface area is 246 Å². The van der Waals surface area contributed by atoms with E-state index in [0.29, 0.717) is 58.5 Å². The van der Waals surface area contributed by atoms with Gasteiger partial charge in [0, 0.05) is 29.2 Å². The first kappa shape index (κ1) is 28.0. The summed E-state index contributed by atoms with van der Waals surface area (Å²) < 4.78 is 29.2. The Kier molecular flexibility index (Phi) is 6.73. The first-order valence-electron chi connectivity index (χ1n) is 14.0. The molecule has 0 saturated heterocycles. The highest BCUT2D eigenvalue weighted by atomic mass is 19.3. The van der Waals surface area contributed by atoms with Crippen molar-refractivity contribution in [3.63, 3.8) is 0 Å². The fourth-order valence-corrected chi connectivity index (χ4v) is 5.39. The van der Waals surface area contributed by atoms with Crippen LogP contribution in [-0.4, -0.2) is 43.1 Å². The molecule has 1 aliphatic rings. The van der Waals surface area contributed by atoms with Crippen LogP contribution in [0.1, 0.15) is 67.7 Å². The van der Waals surface area contributed by atoms with Crippen molar-refractivity contribution in [3.8, 4) is 12.1 Å². The normalized spacial score (nSPS) is 14.9. The number of benzene rings is 2. The zero-order chi connectivity index (χ0) is 30.5. The highest BCUT2D eigenvalue weighted by molar-refractivity contribution is 5.99. The number of anilines is 2. The largest absolute Gasteiger partial charge is 0.383 e. The fraction of sp³-hybridized carbons (Fsp3) is 0.355. The number of nitrogens with zero attached hydrogens (tertiary/aromatic N) is 7. The molecule has 3 aromatic heterocycles. The maximum atomic E-state index is 13.9. The summed E-state index contributed by atoms with van der Waals surface area (Å²) in [6.07, 6.45) is 1.14. The van der Waals surface area contributed by atoms with E-state index in [-0.39, 0.29) is 5.41 Å². The van der Waals surface area contributed by atoms with Crippen LogP contribution in [0.4, 0.5) is 20.2 Å². The second-order valence-electron chi connectivity index (χ2n) is 12.3. The SMILES string of the molecule is Cc1n[nH]c2cccc(C(Nc3cc(C#N)c4ncc(C#N)c(NCC(C)(C)C)c4c3)c3cn(C4(C(F)F)CC4)nn3)c12. The molecule has 1 saturated carbocycles. The lowest BCUT2D eigenvalue weighted by atomic mass is 9.96. The maximum Gasteiger partial charge on any atom is 0.263 e. The molecule has 1 atom stereocenters. The Balaban J connectivity index is 1.51. The minimum absolute atomic E-state index is 0.0779. The highest BCUT2D eigenvalue weighted by Gasteiger charge is 2.54. The Bertz CT molecular complexity index is 1930. The first-order valence-corrected chi connectivity index (χ1v) is 14.0. The third-order valence-electron chi connectivity index (χ3n) is 7.86. The van der Waals surface area contributed by atoms with E-state index in [2.05, 4.69) is 69.0 Å². The monoisotopic (exact) mass is 580 g/mol. The number of aromatic nitrogens is 6. The number of hydrogen-bond donors (Lipinski definition) is 3. The maximum absolute atomic E-state index is 13.9. The number of H-pyrrole nitrogens is 1. The van der Waals surface area contributed by atoms with Gasteiger partial charge in [0.05, 0.1) is 45.8 Å². The van der Waals surface area contributed by atoms with Crippen molar-refractivity contribution in [1.82, 2.24) is 30.2 Å². The molecule has 43 heavy (non-hydrogen) atoms. The molecule has 3 heterocycles. The zero-order valence-electron chi connectivity index (χ0n) is 24.2. The van der Waals surface area contributed by atoms with E-state index in [1.165, 1.54) is 10.9 Å². The summed E-state index contributed by atoms with van der Waals surface area (Å²) in [5.74, 6) is 0. The van der Waals surface area contributed by atoms with Crippen LogP contribution in [0, 0.1) is 35.0 Å². The van der Waals surface area contributed by atoms with Gasteiger partial charge in [-0.1, -0.05) is 38.1 Å². The lowest BCUT2D eigenvalue weighted by Gasteiger charge is -2.23. The number of nitriles is 2. The Morgan fingerprint density at radius 2 is 1.91 bits per heavy atom. The molecule has 1 fully saturated rings. The molecule has 0 radical (unpaired) electrons. The topological polar surface area (TPSA) is 144 Å². The quantitative estimate of drug-likeness (QED) is 0.198. The molecule has 3 N–H and O–H groups in total. The number of hydrogen-bond acceptors (Lipinski definition) is 8. The van der Waals surface area contributed by atoms with Crippen LogP contribution in [0.5, 0.6) is 0 Å². The first-order chi connectivity index (χ1) is 20.5. The Morgan fingerprint density at radius 3 is 2.58 bits per heavy atom. The van der Waals surface area contributed by atoms with Crippen LogP contribution in [0.15, 0.2) is 42.7 Å². The lowest BCUT2D eigenvalue weighted by Crippen LogP contribution is -2.26. The van der Waals surface area contributed by atoms with E-state index in [9.17, 15) is 19.3 Å². The average molecular weight is 581 g/mol. The fourth-order valence-electron chi connectivity index (χ4n) is 5.39. The third-order valence-corrected chi connectivity index (χ3v) is 7.86. The van der Waals surface area contributed by atoms with Gasteiger partial charge in [0.25, 0.3) is 6.43 Å². The molecular weight excluding hydrogens is 550 g/mol. The van der Waals surface area contributed by atoms with E-state index >= 15 is 0 Å². The Hall–Kier alpha value is -5.10. The number of nitrogens with one attached hydrogen (secondary N) is 3. The summed E-state index contributed by atoms with van der Waals surface area (Å²) in [7, 11) is 0. The summed E-state index contributed by atoms with van der Waals surface area (Å²) in [5.41, 5.74) is 3.71. The van der Waals surface area contributed by atoms with Crippen molar-refractivity contribution in [1.29, 1.82) is 10.5 Å². The van der Waals surface area contributed by atoms with E-state index in [4.69, 9.17) is 0 Å². The molecule has 218 valence electrons. The van der Waals surface area contributed by atoms with Gasteiger partial charge in [-0.15, -0.1) is 5.10 Å². The number of rotatable bonds is 8. The summed E-state index contributed by atoms with van der Waals surface area (Å²) in [4.78, 5) is 4.44. The van der Waals surface area contributed by atoms with Gasteiger partial charge >= 0.3 is 0 Å². The van der Waals surface area contributed by atoms with E-state index in [0.717, 1.165) is 22.2 Å². The molecule has 5 aromatic rings. The molecule has 12 heteroatoms. The minimum atomic E-state index is -2.56. The van der Waals surface area contributed by atoms with E-state index in [1.54, 1.807) is 12.3 Å². The number of pyridine rings is 1. The Morgan fingerprint density at radius 1 is 1.14 bits per heavy atom. The number of aromatic amines is 1. The van der Waals surface area contributed by atoms with Gasteiger partial charge in [-0.3, -0.25) is 10.1 Å². The van der Waals surface area contributed by atoms with Gasteiger partial charge in [-0.25, -0.2) is 13.5 Å². The van der Waals surface area contributed by atoms with Gasteiger partial charge < -0.3 is 10.6 Å².